The summed E-state index contributed by atoms with van der Waals surface area (Å²) in [6.07, 6.45) is 0.776. The second kappa shape index (κ2) is 6.41. The SMILES string of the molecule is C=NC1=C(/C(Cl)=N\CC)CCN(CC#N)C1. The predicted molar refractivity (Wildman–Crippen MR) is 67.1 cm³/mol. The van der Waals surface area contributed by atoms with E-state index in [4.69, 9.17) is 16.9 Å². The molecule has 1 aliphatic rings. The normalized spacial score (nSPS) is 18.4. The number of aliphatic imine (C=N–C) groups is 2. The fourth-order valence-corrected chi connectivity index (χ4v) is 1.96. The first-order valence-corrected chi connectivity index (χ1v) is 5.59. The molecule has 0 saturated carbocycles. The molecule has 1 aliphatic heterocycles. The van der Waals surface area contributed by atoms with Gasteiger partial charge in [0, 0.05) is 25.2 Å². The van der Waals surface area contributed by atoms with Crippen LogP contribution in [0.5, 0.6) is 0 Å². The minimum absolute atomic E-state index is 0.412. The zero-order valence-corrected chi connectivity index (χ0v) is 10.2. The van der Waals surface area contributed by atoms with Crippen LogP contribution in [0.25, 0.3) is 0 Å². The Labute approximate surface area is 101 Å². The van der Waals surface area contributed by atoms with Crippen molar-refractivity contribution in [1.82, 2.24) is 4.90 Å². The molecule has 1 heterocycles. The average Bonchev–Trinajstić information content (AvgIpc) is 2.29. The molecule has 0 N–H and O–H groups in total. The standard InChI is InChI=1S/C11H15ClN4/c1-3-15-11(12)9-4-6-16(7-5-13)8-10(9)14-2/h2-4,6-8H2,1H3/b15-11+. The summed E-state index contributed by atoms with van der Waals surface area (Å²) < 4.78 is 0. The molecule has 86 valence electrons. The third kappa shape index (κ3) is 3.16. The van der Waals surface area contributed by atoms with E-state index in [2.05, 4.69) is 22.8 Å². The van der Waals surface area contributed by atoms with Crippen molar-refractivity contribution in [2.75, 3.05) is 26.2 Å². The van der Waals surface area contributed by atoms with Crippen molar-refractivity contribution in [3.8, 4) is 6.07 Å². The Morgan fingerprint density at radius 3 is 3.00 bits per heavy atom. The lowest BCUT2D eigenvalue weighted by Gasteiger charge is -2.26. The Hall–Kier alpha value is -1.18. The topological polar surface area (TPSA) is 51.8 Å². The Morgan fingerprint density at radius 2 is 2.44 bits per heavy atom. The van der Waals surface area contributed by atoms with Gasteiger partial charge in [0.1, 0.15) is 5.17 Å². The molecule has 5 heteroatoms. The molecule has 16 heavy (non-hydrogen) atoms. The van der Waals surface area contributed by atoms with Crippen molar-refractivity contribution in [2.24, 2.45) is 9.98 Å². The van der Waals surface area contributed by atoms with Crippen LogP contribution in [0.4, 0.5) is 0 Å². The molecule has 0 radical (unpaired) electrons. The van der Waals surface area contributed by atoms with Gasteiger partial charge in [0.2, 0.25) is 0 Å². The molecule has 0 atom stereocenters. The van der Waals surface area contributed by atoms with Crippen molar-refractivity contribution in [3.63, 3.8) is 0 Å². The van der Waals surface area contributed by atoms with Gasteiger partial charge in [-0.25, -0.2) is 0 Å². The van der Waals surface area contributed by atoms with Crippen molar-refractivity contribution in [1.29, 1.82) is 5.26 Å². The third-order valence-electron chi connectivity index (χ3n) is 2.43. The highest BCUT2D eigenvalue weighted by atomic mass is 35.5. The highest BCUT2D eigenvalue weighted by molar-refractivity contribution is 6.69. The molecule has 0 aromatic rings. The summed E-state index contributed by atoms with van der Waals surface area (Å²) in [5, 5.41) is 9.16. The largest absolute Gasteiger partial charge is 0.284 e. The van der Waals surface area contributed by atoms with Gasteiger partial charge in [0.05, 0.1) is 18.3 Å². The highest BCUT2D eigenvalue weighted by Gasteiger charge is 2.20. The Bertz CT molecular complexity index is 365. The van der Waals surface area contributed by atoms with E-state index >= 15 is 0 Å². The zero-order valence-electron chi connectivity index (χ0n) is 9.41. The smallest absolute Gasteiger partial charge is 0.128 e. The lowest BCUT2D eigenvalue weighted by atomic mass is 10.1. The molecule has 1 rings (SSSR count). The van der Waals surface area contributed by atoms with Crippen LogP contribution >= 0.6 is 11.6 Å². The number of halogens is 1. The van der Waals surface area contributed by atoms with Crippen LogP contribution in [-0.2, 0) is 0 Å². The van der Waals surface area contributed by atoms with Gasteiger partial charge in [-0.2, -0.15) is 5.26 Å². The summed E-state index contributed by atoms with van der Waals surface area (Å²) in [5.74, 6) is 0. The summed E-state index contributed by atoms with van der Waals surface area (Å²) in [5.41, 5.74) is 1.80. The van der Waals surface area contributed by atoms with Gasteiger partial charge in [0.25, 0.3) is 0 Å². The molecule has 0 bridgehead atoms. The lowest BCUT2D eigenvalue weighted by molar-refractivity contribution is 0.321. The quantitative estimate of drug-likeness (QED) is 0.554. The van der Waals surface area contributed by atoms with Gasteiger partial charge in [-0.1, -0.05) is 11.6 Å². The summed E-state index contributed by atoms with van der Waals surface area (Å²) in [6, 6.07) is 2.13. The van der Waals surface area contributed by atoms with Crippen molar-refractivity contribution in [3.05, 3.63) is 11.3 Å². The van der Waals surface area contributed by atoms with E-state index in [1.54, 1.807) is 0 Å². The van der Waals surface area contributed by atoms with Crippen LogP contribution < -0.4 is 0 Å². The van der Waals surface area contributed by atoms with Gasteiger partial charge < -0.3 is 0 Å². The first-order chi connectivity index (χ1) is 7.72. The number of rotatable bonds is 4. The molecule has 0 aromatic carbocycles. The summed E-state index contributed by atoms with van der Waals surface area (Å²) in [6.45, 7) is 8.00. The van der Waals surface area contributed by atoms with Gasteiger partial charge in [-0.15, -0.1) is 0 Å². The molecular weight excluding hydrogens is 224 g/mol. The van der Waals surface area contributed by atoms with Crippen molar-refractivity contribution >= 4 is 23.5 Å². The second-order valence-electron chi connectivity index (χ2n) is 3.47. The van der Waals surface area contributed by atoms with Crippen LogP contribution in [0, 0.1) is 11.3 Å². The second-order valence-corrected chi connectivity index (χ2v) is 3.83. The average molecular weight is 239 g/mol. The van der Waals surface area contributed by atoms with Crippen LogP contribution in [-0.4, -0.2) is 43.0 Å². The van der Waals surface area contributed by atoms with Gasteiger partial charge >= 0.3 is 0 Å². The molecule has 4 nitrogen and oxygen atoms in total. The number of nitriles is 1. The van der Waals surface area contributed by atoms with E-state index in [-0.39, 0.29) is 0 Å². The maximum atomic E-state index is 8.63. The van der Waals surface area contributed by atoms with E-state index < -0.39 is 0 Å². The van der Waals surface area contributed by atoms with Gasteiger partial charge in [0.15, 0.2) is 0 Å². The lowest BCUT2D eigenvalue weighted by Crippen LogP contribution is -2.32. The van der Waals surface area contributed by atoms with E-state index in [1.807, 2.05) is 11.8 Å². The monoisotopic (exact) mass is 238 g/mol. The molecule has 0 amide bonds. The Balaban J connectivity index is 2.87. The first kappa shape index (κ1) is 12.9. The van der Waals surface area contributed by atoms with Crippen LogP contribution in [0.3, 0.4) is 0 Å². The van der Waals surface area contributed by atoms with Gasteiger partial charge in [-0.3, -0.25) is 14.9 Å². The van der Waals surface area contributed by atoms with Gasteiger partial charge in [-0.05, 0) is 20.1 Å². The molecule has 0 unspecified atom stereocenters. The zero-order chi connectivity index (χ0) is 12.0. The molecule has 0 saturated heterocycles. The summed E-state index contributed by atoms with van der Waals surface area (Å²) in [7, 11) is 0. The predicted octanol–water partition coefficient (Wildman–Crippen LogP) is 1.83. The highest BCUT2D eigenvalue weighted by Crippen LogP contribution is 2.21. The van der Waals surface area contributed by atoms with E-state index in [9.17, 15) is 0 Å². The molecule has 0 aromatic heterocycles. The Morgan fingerprint density at radius 1 is 1.69 bits per heavy atom. The van der Waals surface area contributed by atoms with E-state index in [0.29, 0.717) is 24.8 Å². The Kier molecular flexibility index (Phi) is 5.17. The van der Waals surface area contributed by atoms with Crippen LogP contribution in [0.15, 0.2) is 21.3 Å². The minimum atomic E-state index is 0.412. The van der Waals surface area contributed by atoms with Crippen molar-refractivity contribution in [2.45, 2.75) is 13.3 Å². The van der Waals surface area contributed by atoms with E-state index in [1.165, 1.54) is 0 Å². The summed E-state index contributed by atoms with van der Waals surface area (Å²) in [4.78, 5) is 10.2. The van der Waals surface area contributed by atoms with Crippen LogP contribution in [0.1, 0.15) is 13.3 Å². The summed E-state index contributed by atoms with van der Waals surface area (Å²) >= 11 is 6.08. The first-order valence-electron chi connectivity index (χ1n) is 5.21. The van der Waals surface area contributed by atoms with Crippen molar-refractivity contribution < 1.29 is 0 Å². The van der Waals surface area contributed by atoms with E-state index in [0.717, 1.165) is 24.2 Å². The van der Waals surface area contributed by atoms with Crippen LogP contribution in [0.2, 0.25) is 0 Å². The maximum absolute atomic E-state index is 8.63. The molecule has 0 fully saturated rings. The third-order valence-corrected chi connectivity index (χ3v) is 2.78. The minimum Gasteiger partial charge on any atom is -0.284 e. The maximum Gasteiger partial charge on any atom is 0.128 e. The molecule has 0 spiro atoms. The molecule has 0 aliphatic carbocycles. The number of hydrogen-bond acceptors (Lipinski definition) is 4. The number of nitrogens with zero attached hydrogens (tertiary/aromatic N) is 4. The fraction of sp³-hybridized carbons (Fsp3) is 0.545. The molecular formula is C11H15ClN4. The fourth-order valence-electron chi connectivity index (χ4n) is 1.64. The number of hydrogen-bond donors (Lipinski definition) is 0.